The topological polar surface area (TPSA) is 90.8 Å². The van der Waals surface area contributed by atoms with Gasteiger partial charge in [0, 0.05) is 0 Å². The van der Waals surface area contributed by atoms with Crippen molar-refractivity contribution in [1.82, 2.24) is 9.97 Å². The number of esters is 1. The number of ether oxygens (including phenoxy) is 2. The molecule has 124 valence electrons. The molecular formula is C16H17BN2O5. The number of rotatable bonds is 5. The van der Waals surface area contributed by atoms with E-state index in [1.807, 2.05) is 19.9 Å². The highest BCUT2D eigenvalue weighted by Crippen LogP contribution is 2.21. The Morgan fingerprint density at radius 2 is 2.21 bits per heavy atom. The maximum absolute atomic E-state index is 11.8. The minimum Gasteiger partial charge on any atom is -0.461 e. The molecule has 2 heterocycles. The number of fused-ring (bicyclic) bond motifs is 1. The van der Waals surface area contributed by atoms with Crippen LogP contribution in [-0.4, -0.2) is 34.7 Å². The summed E-state index contributed by atoms with van der Waals surface area (Å²) in [6.07, 6.45) is 2.66. The number of nitrogens with zero attached hydrogens (tertiary/aromatic N) is 2. The summed E-state index contributed by atoms with van der Waals surface area (Å²) in [7, 11) is -0.937. The third-order valence-corrected chi connectivity index (χ3v) is 3.39. The second kappa shape index (κ2) is 6.98. The molecule has 7 nitrogen and oxygen atoms in total. The van der Waals surface area contributed by atoms with E-state index in [0.29, 0.717) is 24.4 Å². The molecule has 2 aromatic rings. The van der Waals surface area contributed by atoms with Crippen LogP contribution in [0.4, 0.5) is 0 Å². The highest BCUT2D eigenvalue weighted by molar-refractivity contribution is 6.61. The van der Waals surface area contributed by atoms with Crippen molar-refractivity contribution in [2.75, 3.05) is 6.61 Å². The molecule has 24 heavy (non-hydrogen) atoms. The Morgan fingerprint density at radius 3 is 2.92 bits per heavy atom. The summed E-state index contributed by atoms with van der Waals surface area (Å²) in [6.45, 7) is 4.62. The van der Waals surface area contributed by atoms with E-state index in [-0.39, 0.29) is 17.5 Å². The molecule has 0 radical (unpaired) electrons. The maximum Gasteiger partial charge on any atom is 0.491 e. The molecule has 3 rings (SSSR count). The van der Waals surface area contributed by atoms with Crippen molar-refractivity contribution < 1.29 is 23.9 Å². The lowest BCUT2D eigenvalue weighted by molar-refractivity contribution is 0.0451. The minimum absolute atomic E-state index is 0.126. The Balaban J connectivity index is 1.66. The first-order valence-electron chi connectivity index (χ1n) is 7.62. The molecule has 0 bridgehead atoms. The molecular weight excluding hydrogens is 311 g/mol. The van der Waals surface area contributed by atoms with E-state index in [0.717, 1.165) is 5.56 Å². The Labute approximate surface area is 139 Å². The molecule has 1 N–H and O–H groups in total. The maximum atomic E-state index is 11.8. The molecule has 0 saturated carbocycles. The smallest absolute Gasteiger partial charge is 0.461 e. The molecule has 0 unspecified atom stereocenters. The summed E-state index contributed by atoms with van der Waals surface area (Å²) >= 11 is 0. The van der Waals surface area contributed by atoms with Gasteiger partial charge < -0.3 is 19.2 Å². The van der Waals surface area contributed by atoms with Crippen molar-refractivity contribution >= 4 is 18.6 Å². The Hall–Kier alpha value is -2.45. The van der Waals surface area contributed by atoms with Gasteiger partial charge in [-0.25, -0.2) is 14.8 Å². The van der Waals surface area contributed by atoms with E-state index in [9.17, 15) is 9.82 Å². The zero-order valence-corrected chi connectivity index (χ0v) is 13.4. The van der Waals surface area contributed by atoms with E-state index in [4.69, 9.17) is 14.1 Å². The van der Waals surface area contributed by atoms with Gasteiger partial charge in [-0.15, -0.1) is 0 Å². The van der Waals surface area contributed by atoms with E-state index >= 15 is 0 Å². The SMILES string of the molecule is CC(C)COC(=O)c1cnc(Oc2ccc3c(c2)B(O)OC3)cn1. The van der Waals surface area contributed by atoms with Crippen LogP contribution in [0.3, 0.4) is 0 Å². The third kappa shape index (κ3) is 3.72. The fourth-order valence-electron chi connectivity index (χ4n) is 2.17. The summed E-state index contributed by atoms with van der Waals surface area (Å²) in [6, 6.07) is 5.28. The first-order chi connectivity index (χ1) is 11.5. The van der Waals surface area contributed by atoms with Gasteiger partial charge in [0.05, 0.1) is 25.6 Å². The van der Waals surface area contributed by atoms with Gasteiger partial charge in [0.15, 0.2) is 5.69 Å². The average Bonchev–Trinajstić information content (AvgIpc) is 2.94. The van der Waals surface area contributed by atoms with Gasteiger partial charge in [-0.2, -0.15) is 0 Å². The van der Waals surface area contributed by atoms with Gasteiger partial charge >= 0.3 is 13.1 Å². The average molecular weight is 328 g/mol. The zero-order chi connectivity index (χ0) is 17.1. The lowest BCUT2D eigenvalue weighted by Gasteiger charge is -2.08. The van der Waals surface area contributed by atoms with Gasteiger partial charge in [0.2, 0.25) is 5.88 Å². The normalized spacial score (nSPS) is 13.1. The minimum atomic E-state index is -0.937. The molecule has 1 aliphatic rings. The van der Waals surface area contributed by atoms with Crippen LogP contribution < -0.4 is 10.2 Å². The fourth-order valence-corrected chi connectivity index (χ4v) is 2.17. The largest absolute Gasteiger partial charge is 0.491 e. The van der Waals surface area contributed by atoms with Crippen molar-refractivity contribution in [2.24, 2.45) is 5.92 Å². The Morgan fingerprint density at radius 1 is 1.38 bits per heavy atom. The van der Waals surface area contributed by atoms with Crippen LogP contribution in [0.15, 0.2) is 30.6 Å². The highest BCUT2D eigenvalue weighted by atomic mass is 16.5. The molecule has 0 aliphatic carbocycles. The van der Waals surface area contributed by atoms with E-state index < -0.39 is 13.1 Å². The highest BCUT2D eigenvalue weighted by Gasteiger charge is 2.27. The van der Waals surface area contributed by atoms with Gasteiger partial charge in [-0.05, 0) is 29.1 Å². The van der Waals surface area contributed by atoms with Crippen molar-refractivity contribution in [3.05, 3.63) is 41.9 Å². The van der Waals surface area contributed by atoms with Crippen LogP contribution in [0.25, 0.3) is 0 Å². The number of carbonyl (C=O) groups excluding carboxylic acids is 1. The van der Waals surface area contributed by atoms with Crippen LogP contribution in [0.5, 0.6) is 11.6 Å². The monoisotopic (exact) mass is 328 g/mol. The predicted molar refractivity (Wildman–Crippen MR) is 86.1 cm³/mol. The molecule has 0 amide bonds. The summed E-state index contributed by atoms with van der Waals surface area (Å²) in [5.74, 6) is 0.482. The summed E-state index contributed by atoms with van der Waals surface area (Å²) < 4.78 is 15.8. The van der Waals surface area contributed by atoms with Crippen molar-refractivity contribution in [2.45, 2.75) is 20.5 Å². The van der Waals surface area contributed by atoms with Crippen LogP contribution >= 0.6 is 0 Å². The molecule has 0 fully saturated rings. The number of aromatic nitrogens is 2. The molecule has 1 aliphatic heterocycles. The lowest BCUT2D eigenvalue weighted by Crippen LogP contribution is -2.27. The number of carbonyl (C=O) groups is 1. The molecule has 0 spiro atoms. The fraction of sp³-hybridized carbons (Fsp3) is 0.312. The number of hydrogen-bond acceptors (Lipinski definition) is 7. The number of hydrogen-bond donors (Lipinski definition) is 1. The van der Waals surface area contributed by atoms with Crippen LogP contribution in [0, 0.1) is 5.92 Å². The van der Waals surface area contributed by atoms with Gasteiger partial charge in [-0.3, -0.25) is 0 Å². The van der Waals surface area contributed by atoms with Crippen LogP contribution in [0.2, 0.25) is 0 Å². The second-order valence-corrected chi connectivity index (χ2v) is 5.86. The zero-order valence-electron chi connectivity index (χ0n) is 13.4. The van der Waals surface area contributed by atoms with Crippen LogP contribution in [0.1, 0.15) is 29.9 Å². The Kier molecular flexibility index (Phi) is 4.77. The summed E-state index contributed by atoms with van der Waals surface area (Å²) in [5, 5.41) is 9.70. The molecule has 0 saturated heterocycles. The predicted octanol–water partition coefficient (Wildman–Crippen LogP) is 1.30. The second-order valence-electron chi connectivity index (χ2n) is 5.86. The van der Waals surface area contributed by atoms with Crippen molar-refractivity contribution in [3.63, 3.8) is 0 Å². The van der Waals surface area contributed by atoms with Crippen LogP contribution in [-0.2, 0) is 16.0 Å². The molecule has 0 atom stereocenters. The summed E-state index contributed by atoms with van der Waals surface area (Å²) in [5.41, 5.74) is 1.72. The first-order valence-corrected chi connectivity index (χ1v) is 7.62. The molecule has 1 aromatic heterocycles. The third-order valence-electron chi connectivity index (χ3n) is 3.39. The standard InChI is InChI=1S/C16H17BN2O5/c1-10(2)8-22-16(20)14-6-19-15(7-18-14)24-12-4-3-11-9-23-17(21)13(11)5-12/h3-7,10,21H,8-9H2,1-2H3. The molecule has 1 aromatic carbocycles. The van der Waals surface area contributed by atoms with Gasteiger partial charge in [0.1, 0.15) is 5.75 Å². The van der Waals surface area contributed by atoms with Gasteiger partial charge in [0.25, 0.3) is 0 Å². The quantitative estimate of drug-likeness (QED) is 0.653. The van der Waals surface area contributed by atoms with E-state index in [1.54, 1.807) is 12.1 Å². The number of benzene rings is 1. The molecule has 8 heteroatoms. The summed E-state index contributed by atoms with van der Waals surface area (Å²) in [4.78, 5) is 19.8. The Bertz CT molecular complexity index is 736. The van der Waals surface area contributed by atoms with E-state index in [2.05, 4.69) is 9.97 Å². The first kappa shape index (κ1) is 16.4. The lowest BCUT2D eigenvalue weighted by atomic mass is 9.79. The van der Waals surface area contributed by atoms with Gasteiger partial charge in [-0.1, -0.05) is 19.9 Å². The van der Waals surface area contributed by atoms with Crippen molar-refractivity contribution in [3.8, 4) is 11.6 Å². The van der Waals surface area contributed by atoms with Crippen molar-refractivity contribution in [1.29, 1.82) is 0 Å². The van der Waals surface area contributed by atoms with E-state index in [1.165, 1.54) is 12.4 Å².